The number of nitrogens with one attached hydrogen (secondary N) is 3. The van der Waals surface area contributed by atoms with Gasteiger partial charge >= 0.3 is 0 Å². The smallest absolute Gasteiger partial charge is 0.142 e. The van der Waals surface area contributed by atoms with Crippen LogP contribution in [-0.4, -0.2) is 31.5 Å². The average molecular weight is 430 g/mol. The van der Waals surface area contributed by atoms with Gasteiger partial charge in [-0.15, -0.1) is 0 Å². The van der Waals surface area contributed by atoms with Gasteiger partial charge in [0.2, 0.25) is 0 Å². The highest BCUT2D eigenvalue weighted by atomic mass is 19.1. The number of anilines is 3. The molecule has 1 aliphatic rings. The quantitative estimate of drug-likeness (QED) is 0.435. The Kier molecular flexibility index (Phi) is 5.26. The Morgan fingerprint density at radius 1 is 1.00 bits per heavy atom. The summed E-state index contributed by atoms with van der Waals surface area (Å²) in [5.74, 6) is 2.00. The molecule has 0 amide bonds. The molecule has 0 saturated carbocycles. The predicted molar refractivity (Wildman–Crippen MR) is 125 cm³/mol. The maximum Gasteiger partial charge on any atom is 0.142 e. The van der Waals surface area contributed by atoms with E-state index in [2.05, 4.69) is 42.5 Å². The Morgan fingerprint density at radius 3 is 2.72 bits per heavy atom. The van der Waals surface area contributed by atoms with E-state index >= 15 is 0 Å². The SMILES string of the molecule is CC1=c2c(CCNc3cc(Nc4ncnc5ccccc45)ncn3)c(C)[nH]c2=C(F)CC1. The Bertz CT molecular complexity index is 1420. The van der Waals surface area contributed by atoms with Crippen LogP contribution in [0.5, 0.6) is 0 Å². The zero-order valence-electron chi connectivity index (χ0n) is 18.0. The molecule has 0 bridgehead atoms. The van der Waals surface area contributed by atoms with Gasteiger partial charge in [-0.05, 0) is 44.4 Å². The van der Waals surface area contributed by atoms with Crippen LogP contribution in [-0.2, 0) is 6.42 Å². The van der Waals surface area contributed by atoms with Crippen LogP contribution in [0.2, 0.25) is 0 Å². The molecule has 0 radical (unpaired) electrons. The van der Waals surface area contributed by atoms with E-state index in [1.165, 1.54) is 23.8 Å². The summed E-state index contributed by atoms with van der Waals surface area (Å²) in [5, 5.41) is 9.25. The fraction of sp³-hybridized carbons (Fsp3) is 0.250. The normalized spacial score (nSPS) is 13.3. The van der Waals surface area contributed by atoms with E-state index in [9.17, 15) is 4.39 Å². The van der Waals surface area contributed by atoms with E-state index in [4.69, 9.17) is 0 Å². The van der Waals surface area contributed by atoms with Crippen molar-refractivity contribution >= 4 is 39.8 Å². The Hall–Kier alpha value is -3.81. The van der Waals surface area contributed by atoms with Crippen molar-refractivity contribution < 1.29 is 4.39 Å². The molecular formula is C24H24FN7. The van der Waals surface area contributed by atoms with Gasteiger partial charge in [-0.3, -0.25) is 0 Å². The van der Waals surface area contributed by atoms with Gasteiger partial charge in [0.25, 0.3) is 0 Å². The zero-order valence-corrected chi connectivity index (χ0v) is 18.0. The van der Waals surface area contributed by atoms with Gasteiger partial charge < -0.3 is 15.6 Å². The van der Waals surface area contributed by atoms with Crippen LogP contribution in [0.15, 0.2) is 43.0 Å². The molecule has 32 heavy (non-hydrogen) atoms. The summed E-state index contributed by atoms with van der Waals surface area (Å²) in [6.45, 7) is 4.77. The topological polar surface area (TPSA) is 91.4 Å². The van der Waals surface area contributed by atoms with Gasteiger partial charge in [0.1, 0.15) is 35.9 Å². The minimum absolute atomic E-state index is 0.0447. The first-order valence-electron chi connectivity index (χ1n) is 10.7. The molecule has 1 aliphatic carbocycles. The van der Waals surface area contributed by atoms with E-state index in [1.54, 1.807) is 0 Å². The maximum absolute atomic E-state index is 14.3. The van der Waals surface area contributed by atoms with Gasteiger partial charge in [-0.1, -0.05) is 17.7 Å². The number of H-pyrrole nitrogens is 1. The van der Waals surface area contributed by atoms with E-state index < -0.39 is 0 Å². The third-order valence-electron chi connectivity index (χ3n) is 5.87. The molecule has 162 valence electrons. The molecule has 3 aromatic heterocycles. The molecule has 0 aliphatic heterocycles. The van der Waals surface area contributed by atoms with Gasteiger partial charge in [0.15, 0.2) is 0 Å². The zero-order chi connectivity index (χ0) is 22.1. The molecule has 1 aromatic carbocycles. The first-order valence-corrected chi connectivity index (χ1v) is 10.7. The van der Waals surface area contributed by atoms with Gasteiger partial charge in [0, 0.05) is 35.3 Å². The van der Waals surface area contributed by atoms with Crippen LogP contribution < -0.4 is 21.2 Å². The highest BCUT2D eigenvalue weighted by molar-refractivity contribution is 5.90. The minimum atomic E-state index is -0.0447. The summed E-state index contributed by atoms with van der Waals surface area (Å²) in [4.78, 5) is 20.5. The second kappa shape index (κ2) is 8.37. The number of hydrogen-bond acceptors (Lipinski definition) is 6. The lowest BCUT2D eigenvalue weighted by Gasteiger charge is -2.10. The summed E-state index contributed by atoms with van der Waals surface area (Å²) >= 11 is 0. The average Bonchev–Trinajstić information content (AvgIpc) is 3.14. The van der Waals surface area contributed by atoms with Crippen molar-refractivity contribution in [3.05, 3.63) is 64.8 Å². The largest absolute Gasteiger partial charge is 0.370 e. The first-order chi connectivity index (χ1) is 15.6. The summed E-state index contributed by atoms with van der Waals surface area (Å²) in [7, 11) is 0. The molecule has 0 atom stereocenters. The van der Waals surface area contributed by atoms with Crippen LogP contribution in [0.1, 0.15) is 31.0 Å². The third kappa shape index (κ3) is 3.79. The van der Waals surface area contributed by atoms with Crippen molar-refractivity contribution in [3.8, 4) is 0 Å². The van der Waals surface area contributed by atoms with Crippen molar-refractivity contribution in [1.29, 1.82) is 0 Å². The fourth-order valence-corrected chi connectivity index (χ4v) is 4.26. The van der Waals surface area contributed by atoms with E-state index in [0.717, 1.165) is 34.7 Å². The Labute approximate surface area is 184 Å². The predicted octanol–water partition coefficient (Wildman–Crippen LogP) is 3.50. The number of rotatable bonds is 6. The maximum atomic E-state index is 14.3. The van der Waals surface area contributed by atoms with E-state index in [-0.39, 0.29) is 5.83 Å². The number of aryl methyl sites for hydroxylation is 1. The van der Waals surface area contributed by atoms with E-state index in [1.807, 2.05) is 37.3 Å². The number of fused-ring (bicyclic) bond motifs is 2. The molecule has 3 heterocycles. The molecule has 8 heteroatoms. The van der Waals surface area contributed by atoms with Gasteiger partial charge in [-0.25, -0.2) is 24.3 Å². The number of aromatic nitrogens is 5. The summed E-state index contributed by atoms with van der Waals surface area (Å²) in [6.07, 6.45) is 5.07. The first kappa shape index (κ1) is 20.1. The fourth-order valence-electron chi connectivity index (χ4n) is 4.26. The number of hydrogen-bond donors (Lipinski definition) is 3. The van der Waals surface area contributed by atoms with Gasteiger partial charge in [0.05, 0.1) is 10.9 Å². The van der Waals surface area contributed by atoms with Crippen molar-refractivity contribution in [2.45, 2.75) is 33.1 Å². The van der Waals surface area contributed by atoms with Crippen LogP contribution in [0.25, 0.3) is 22.3 Å². The van der Waals surface area contributed by atoms with Crippen LogP contribution >= 0.6 is 0 Å². The molecule has 4 aromatic rings. The number of para-hydroxylation sites is 1. The third-order valence-corrected chi connectivity index (χ3v) is 5.87. The number of aromatic amines is 1. The van der Waals surface area contributed by atoms with Crippen molar-refractivity contribution in [2.75, 3.05) is 17.2 Å². The molecule has 5 rings (SSSR count). The highest BCUT2D eigenvalue weighted by Crippen LogP contribution is 2.22. The Balaban J connectivity index is 1.32. The molecule has 3 N–H and O–H groups in total. The summed E-state index contributed by atoms with van der Waals surface area (Å²) in [5.41, 5.74) is 4.29. The lowest BCUT2D eigenvalue weighted by molar-refractivity contribution is 0.687. The van der Waals surface area contributed by atoms with Crippen LogP contribution in [0, 0.1) is 6.92 Å². The van der Waals surface area contributed by atoms with E-state index in [0.29, 0.717) is 35.8 Å². The summed E-state index contributed by atoms with van der Waals surface area (Å²) < 4.78 is 14.3. The second-order valence-corrected chi connectivity index (χ2v) is 7.99. The lowest BCUT2D eigenvalue weighted by atomic mass is 10.00. The number of benzene rings is 1. The standard InChI is InChI=1S/C24H24FN7/c1-14-7-8-18(25)23-22(14)16(15(2)31-23)9-10-26-20-11-21(29-13-28-20)32-24-17-5-3-4-6-19(17)27-12-30-24/h3-6,11-13,31H,7-10H2,1-2H3,(H2,26,27,28,29,30,32). The van der Waals surface area contributed by atoms with Crippen LogP contribution in [0.4, 0.5) is 21.8 Å². The number of halogens is 1. The second-order valence-electron chi connectivity index (χ2n) is 7.99. The molecule has 0 fully saturated rings. The summed E-state index contributed by atoms with van der Waals surface area (Å²) in [6, 6.07) is 9.66. The van der Waals surface area contributed by atoms with Crippen molar-refractivity contribution in [3.63, 3.8) is 0 Å². The molecule has 7 nitrogen and oxygen atoms in total. The molecule has 0 spiro atoms. The highest BCUT2D eigenvalue weighted by Gasteiger charge is 2.15. The minimum Gasteiger partial charge on any atom is -0.370 e. The van der Waals surface area contributed by atoms with Crippen molar-refractivity contribution in [1.82, 2.24) is 24.9 Å². The Morgan fingerprint density at radius 2 is 1.81 bits per heavy atom. The molecule has 0 unspecified atom stereocenters. The van der Waals surface area contributed by atoms with Gasteiger partial charge in [-0.2, -0.15) is 0 Å². The molecular weight excluding hydrogens is 405 g/mol. The monoisotopic (exact) mass is 429 g/mol. The molecule has 0 saturated heterocycles. The number of nitrogens with zero attached hydrogens (tertiary/aromatic N) is 4. The lowest BCUT2D eigenvalue weighted by Crippen LogP contribution is -2.32. The van der Waals surface area contributed by atoms with Crippen molar-refractivity contribution in [2.24, 2.45) is 0 Å². The van der Waals surface area contributed by atoms with Crippen LogP contribution in [0.3, 0.4) is 0 Å².